The van der Waals surface area contributed by atoms with Crippen molar-refractivity contribution in [2.45, 2.75) is 13.3 Å². The van der Waals surface area contributed by atoms with Crippen molar-refractivity contribution >= 4 is 11.6 Å². The van der Waals surface area contributed by atoms with Crippen LogP contribution < -0.4 is 10.5 Å². The molecule has 0 spiro atoms. The van der Waals surface area contributed by atoms with Gasteiger partial charge in [-0.05, 0) is 31.5 Å². The van der Waals surface area contributed by atoms with Crippen LogP contribution in [0.4, 0.5) is 0 Å². The number of methoxy groups -OCH3 is 1. The zero-order chi connectivity index (χ0) is 10.7. The summed E-state index contributed by atoms with van der Waals surface area (Å²) in [5.74, 6) is 0.420. The molecular formula is C10H14ClNO2. The monoisotopic (exact) mass is 215 g/mol. The maximum Gasteiger partial charge on any atom is 0.179 e. The Morgan fingerprint density at radius 1 is 1.57 bits per heavy atom. The summed E-state index contributed by atoms with van der Waals surface area (Å²) in [5.41, 5.74) is 7.17. The fourth-order valence-electron chi connectivity index (χ4n) is 1.43. The lowest BCUT2D eigenvalue weighted by molar-refractivity contribution is 0.370. The fourth-order valence-corrected chi connectivity index (χ4v) is 1.76. The lowest BCUT2D eigenvalue weighted by atomic mass is 10.0. The van der Waals surface area contributed by atoms with Crippen molar-refractivity contribution in [3.63, 3.8) is 0 Å². The van der Waals surface area contributed by atoms with E-state index in [-0.39, 0.29) is 5.75 Å². The predicted octanol–water partition coefficient (Wildman–Crippen LogP) is 1.86. The second kappa shape index (κ2) is 4.53. The third-order valence-corrected chi connectivity index (χ3v) is 2.42. The first-order valence-corrected chi connectivity index (χ1v) is 4.74. The number of hydrogen-bond acceptors (Lipinski definition) is 3. The second-order valence-corrected chi connectivity index (χ2v) is 3.48. The number of benzene rings is 1. The van der Waals surface area contributed by atoms with Crippen molar-refractivity contribution in [2.24, 2.45) is 5.73 Å². The van der Waals surface area contributed by atoms with Crippen LogP contribution in [0.3, 0.4) is 0 Å². The van der Waals surface area contributed by atoms with Crippen LogP contribution in [0.2, 0.25) is 5.02 Å². The molecule has 1 aromatic rings. The number of aromatic hydroxyl groups is 1. The highest BCUT2D eigenvalue weighted by molar-refractivity contribution is 6.32. The van der Waals surface area contributed by atoms with Crippen molar-refractivity contribution in [3.8, 4) is 11.5 Å². The van der Waals surface area contributed by atoms with Gasteiger partial charge in [-0.2, -0.15) is 0 Å². The summed E-state index contributed by atoms with van der Waals surface area (Å²) in [6, 6.07) is 1.77. The zero-order valence-electron chi connectivity index (χ0n) is 8.30. The Morgan fingerprint density at radius 3 is 2.71 bits per heavy atom. The van der Waals surface area contributed by atoms with Gasteiger partial charge in [-0.1, -0.05) is 11.6 Å². The van der Waals surface area contributed by atoms with Crippen LogP contribution in [0.15, 0.2) is 6.07 Å². The van der Waals surface area contributed by atoms with E-state index >= 15 is 0 Å². The molecule has 0 aliphatic rings. The first kappa shape index (κ1) is 11.1. The van der Waals surface area contributed by atoms with Gasteiger partial charge >= 0.3 is 0 Å². The van der Waals surface area contributed by atoms with Crippen molar-refractivity contribution in [1.29, 1.82) is 0 Å². The Hall–Kier alpha value is -0.930. The van der Waals surface area contributed by atoms with Crippen molar-refractivity contribution in [2.75, 3.05) is 13.7 Å². The molecule has 0 aliphatic carbocycles. The van der Waals surface area contributed by atoms with Crippen LogP contribution in [0, 0.1) is 6.92 Å². The SMILES string of the molecule is COc1c(Cl)cc(C)c(CCN)c1O. The van der Waals surface area contributed by atoms with E-state index in [9.17, 15) is 5.11 Å². The molecule has 0 saturated carbocycles. The van der Waals surface area contributed by atoms with Gasteiger partial charge in [0.15, 0.2) is 11.5 Å². The number of phenolic OH excluding ortho intramolecular Hbond substituents is 1. The van der Waals surface area contributed by atoms with Gasteiger partial charge in [0.1, 0.15) is 0 Å². The Labute approximate surface area is 88.4 Å². The number of rotatable bonds is 3. The summed E-state index contributed by atoms with van der Waals surface area (Å²) in [6.07, 6.45) is 0.616. The molecule has 1 rings (SSSR count). The summed E-state index contributed by atoms with van der Waals surface area (Å²) >= 11 is 5.89. The van der Waals surface area contributed by atoms with Gasteiger partial charge in [-0.25, -0.2) is 0 Å². The molecule has 0 bridgehead atoms. The summed E-state index contributed by atoms with van der Waals surface area (Å²) in [7, 11) is 1.47. The molecule has 0 radical (unpaired) electrons. The lowest BCUT2D eigenvalue weighted by Gasteiger charge is -2.12. The van der Waals surface area contributed by atoms with Crippen LogP contribution in [0.25, 0.3) is 0 Å². The van der Waals surface area contributed by atoms with E-state index in [4.69, 9.17) is 22.1 Å². The molecule has 0 atom stereocenters. The van der Waals surface area contributed by atoms with Gasteiger partial charge in [0.25, 0.3) is 0 Å². The predicted molar refractivity (Wildman–Crippen MR) is 57.2 cm³/mol. The van der Waals surface area contributed by atoms with E-state index in [2.05, 4.69) is 0 Å². The molecule has 0 fully saturated rings. The summed E-state index contributed by atoms with van der Waals surface area (Å²) < 4.78 is 4.99. The fraction of sp³-hybridized carbons (Fsp3) is 0.400. The largest absolute Gasteiger partial charge is 0.504 e. The Bertz CT molecular complexity index is 339. The minimum atomic E-state index is 0.1000. The first-order valence-electron chi connectivity index (χ1n) is 4.36. The molecule has 0 aliphatic heterocycles. The highest BCUT2D eigenvalue weighted by Crippen LogP contribution is 2.38. The molecule has 4 heteroatoms. The summed E-state index contributed by atoms with van der Waals surface area (Å²) in [4.78, 5) is 0. The molecular weight excluding hydrogens is 202 g/mol. The zero-order valence-corrected chi connectivity index (χ0v) is 9.06. The summed E-state index contributed by atoms with van der Waals surface area (Å²) in [6.45, 7) is 2.37. The van der Waals surface area contributed by atoms with Gasteiger partial charge in [0.2, 0.25) is 0 Å². The number of phenols is 1. The normalized spacial score (nSPS) is 10.3. The lowest BCUT2D eigenvalue weighted by Crippen LogP contribution is -2.05. The maximum atomic E-state index is 9.82. The molecule has 0 saturated heterocycles. The van der Waals surface area contributed by atoms with E-state index in [0.717, 1.165) is 11.1 Å². The van der Waals surface area contributed by atoms with Crippen LogP contribution >= 0.6 is 11.6 Å². The number of hydrogen-bond donors (Lipinski definition) is 2. The average Bonchev–Trinajstić information content (AvgIpc) is 2.12. The van der Waals surface area contributed by atoms with Gasteiger partial charge in [0.05, 0.1) is 12.1 Å². The molecule has 14 heavy (non-hydrogen) atoms. The minimum absolute atomic E-state index is 0.1000. The highest BCUT2D eigenvalue weighted by atomic mass is 35.5. The standard InChI is InChI=1S/C10H14ClNO2/c1-6-5-8(11)10(14-2)9(13)7(6)3-4-12/h5,13H,3-4,12H2,1-2H3. The molecule has 1 aromatic carbocycles. The van der Waals surface area contributed by atoms with Crippen molar-refractivity contribution in [3.05, 3.63) is 22.2 Å². The molecule has 0 amide bonds. The van der Waals surface area contributed by atoms with Gasteiger partial charge in [0, 0.05) is 5.56 Å². The number of aryl methyl sites for hydroxylation is 1. The van der Waals surface area contributed by atoms with E-state index in [1.54, 1.807) is 6.07 Å². The van der Waals surface area contributed by atoms with Gasteiger partial charge in [-0.15, -0.1) is 0 Å². The third-order valence-electron chi connectivity index (χ3n) is 2.14. The number of ether oxygens (including phenoxy) is 1. The molecule has 0 aromatic heterocycles. The Balaban J connectivity index is 3.28. The highest BCUT2D eigenvalue weighted by Gasteiger charge is 2.14. The van der Waals surface area contributed by atoms with Crippen LogP contribution in [-0.4, -0.2) is 18.8 Å². The van der Waals surface area contributed by atoms with E-state index in [1.807, 2.05) is 6.92 Å². The molecule has 78 valence electrons. The quantitative estimate of drug-likeness (QED) is 0.810. The topological polar surface area (TPSA) is 55.5 Å². The molecule has 3 nitrogen and oxygen atoms in total. The van der Waals surface area contributed by atoms with Crippen LogP contribution in [-0.2, 0) is 6.42 Å². The summed E-state index contributed by atoms with van der Waals surface area (Å²) in [5, 5.41) is 10.2. The number of halogens is 1. The first-order chi connectivity index (χ1) is 6.61. The minimum Gasteiger partial charge on any atom is -0.504 e. The average molecular weight is 216 g/mol. The van der Waals surface area contributed by atoms with Gasteiger partial charge < -0.3 is 15.6 Å². The maximum absolute atomic E-state index is 9.82. The third kappa shape index (κ3) is 1.94. The van der Waals surface area contributed by atoms with Crippen LogP contribution in [0.5, 0.6) is 11.5 Å². The van der Waals surface area contributed by atoms with E-state index in [1.165, 1.54) is 7.11 Å². The van der Waals surface area contributed by atoms with Crippen molar-refractivity contribution in [1.82, 2.24) is 0 Å². The van der Waals surface area contributed by atoms with Crippen LogP contribution in [0.1, 0.15) is 11.1 Å². The van der Waals surface area contributed by atoms with Gasteiger partial charge in [-0.3, -0.25) is 0 Å². The smallest absolute Gasteiger partial charge is 0.179 e. The number of nitrogens with two attached hydrogens (primary N) is 1. The van der Waals surface area contributed by atoms with Crippen molar-refractivity contribution < 1.29 is 9.84 Å². The molecule has 3 N–H and O–H groups in total. The molecule has 0 unspecified atom stereocenters. The second-order valence-electron chi connectivity index (χ2n) is 3.07. The Kier molecular flexibility index (Phi) is 3.61. The molecule has 0 heterocycles. The Morgan fingerprint density at radius 2 is 2.21 bits per heavy atom. The van der Waals surface area contributed by atoms with E-state index < -0.39 is 0 Å². The van der Waals surface area contributed by atoms with E-state index in [0.29, 0.717) is 23.7 Å².